The molecule has 4 rings (SSSR count). The Morgan fingerprint density at radius 2 is 1.74 bits per heavy atom. The van der Waals surface area contributed by atoms with Gasteiger partial charge in [0.2, 0.25) is 0 Å². The van der Waals surface area contributed by atoms with Gasteiger partial charge >= 0.3 is 0 Å². The summed E-state index contributed by atoms with van der Waals surface area (Å²) >= 11 is 0. The van der Waals surface area contributed by atoms with Crippen LogP contribution in [0.4, 0.5) is 5.69 Å². The zero-order valence-electron chi connectivity index (χ0n) is 13.9. The van der Waals surface area contributed by atoms with Crippen LogP contribution in [0.15, 0.2) is 65.7 Å². The lowest BCUT2D eigenvalue weighted by Crippen LogP contribution is -2.47. The lowest BCUT2D eigenvalue weighted by Gasteiger charge is -2.18. The third kappa shape index (κ3) is 2.87. The number of carbonyl (C=O) groups is 2. The van der Waals surface area contributed by atoms with Crippen molar-refractivity contribution in [2.75, 3.05) is 10.8 Å². The Morgan fingerprint density at radius 3 is 2.48 bits per heavy atom. The summed E-state index contributed by atoms with van der Waals surface area (Å²) in [5, 5.41) is 1.37. The standard InChI is InChI=1S/C18H14N4O4S/c23-16(20-21-18(24)13-7-1-2-10-19-13)11-22-14-8-3-5-12-6-4-9-15(17(12)14)27(22,25)26/h1-10H,11H2,(H,20,23)(H,21,24). The molecule has 1 aliphatic heterocycles. The van der Waals surface area contributed by atoms with E-state index in [4.69, 9.17) is 0 Å². The number of hydrogen-bond acceptors (Lipinski definition) is 5. The minimum atomic E-state index is -3.84. The van der Waals surface area contributed by atoms with E-state index in [1.54, 1.807) is 30.3 Å². The van der Waals surface area contributed by atoms with E-state index < -0.39 is 28.4 Å². The summed E-state index contributed by atoms with van der Waals surface area (Å²) in [5.41, 5.74) is 5.01. The quantitative estimate of drug-likeness (QED) is 0.662. The number of hydrazine groups is 1. The Kier molecular flexibility index (Phi) is 4.00. The van der Waals surface area contributed by atoms with E-state index >= 15 is 0 Å². The highest BCUT2D eigenvalue weighted by Crippen LogP contribution is 2.41. The van der Waals surface area contributed by atoms with Crippen molar-refractivity contribution < 1.29 is 18.0 Å². The summed E-state index contributed by atoms with van der Waals surface area (Å²) < 4.78 is 26.7. The van der Waals surface area contributed by atoms with Gasteiger partial charge in [-0.1, -0.05) is 30.3 Å². The summed E-state index contributed by atoms with van der Waals surface area (Å²) in [5.74, 6) is -1.27. The normalized spacial score (nSPS) is 14.1. The number of sulfonamides is 1. The third-order valence-electron chi connectivity index (χ3n) is 4.18. The van der Waals surface area contributed by atoms with Gasteiger partial charge in [0.1, 0.15) is 12.2 Å². The molecule has 0 unspecified atom stereocenters. The highest BCUT2D eigenvalue weighted by atomic mass is 32.2. The molecule has 1 aromatic heterocycles. The van der Waals surface area contributed by atoms with Gasteiger partial charge in [0.05, 0.1) is 10.6 Å². The molecule has 3 aromatic rings. The summed E-state index contributed by atoms with van der Waals surface area (Å²) in [6, 6.07) is 15.0. The van der Waals surface area contributed by atoms with Crippen LogP contribution in [0.5, 0.6) is 0 Å². The first kappa shape index (κ1) is 17.0. The number of anilines is 1. The largest absolute Gasteiger partial charge is 0.288 e. The molecule has 27 heavy (non-hydrogen) atoms. The Balaban J connectivity index is 1.52. The lowest BCUT2D eigenvalue weighted by molar-refractivity contribution is -0.120. The van der Waals surface area contributed by atoms with Gasteiger partial charge in [0.25, 0.3) is 21.8 Å². The van der Waals surface area contributed by atoms with Crippen LogP contribution in [-0.2, 0) is 14.8 Å². The molecule has 0 spiro atoms. The second-order valence-corrected chi connectivity index (χ2v) is 7.69. The van der Waals surface area contributed by atoms with E-state index in [2.05, 4.69) is 15.8 Å². The van der Waals surface area contributed by atoms with E-state index in [1.165, 1.54) is 18.3 Å². The first-order valence-corrected chi connectivity index (χ1v) is 9.47. The molecule has 0 atom stereocenters. The Labute approximate surface area is 154 Å². The fourth-order valence-electron chi connectivity index (χ4n) is 2.99. The second kappa shape index (κ2) is 6.36. The molecule has 1 aliphatic rings. The van der Waals surface area contributed by atoms with Crippen molar-refractivity contribution in [1.29, 1.82) is 0 Å². The Morgan fingerprint density at radius 1 is 0.963 bits per heavy atom. The van der Waals surface area contributed by atoms with Crippen LogP contribution in [0.2, 0.25) is 0 Å². The fraction of sp³-hybridized carbons (Fsp3) is 0.0556. The SMILES string of the molecule is O=C(CN1c2cccc3cccc(c23)S1(=O)=O)NNC(=O)c1ccccn1. The zero-order chi connectivity index (χ0) is 19.0. The molecule has 136 valence electrons. The monoisotopic (exact) mass is 382 g/mol. The Hall–Kier alpha value is -3.46. The van der Waals surface area contributed by atoms with Crippen LogP contribution >= 0.6 is 0 Å². The number of nitrogens with zero attached hydrogens (tertiary/aromatic N) is 2. The maximum atomic E-state index is 12.8. The van der Waals surface area contributed by atoms with Crippen molar-refractivity contribution in [1.82, 2.24) is 15.8 Å². The van der Waals surface area contributed by atoms with E-state index in [1.807, 2.05) is 12.1 Å². The molecule has 2 amide bonds. The predicted molar refractivity (Wildman–Crippen MR) is 98.3 cm³/mol. The molecule has 9 heteroatoms. The highest BCUT2D eigenvalue weighted by molar-refractivity contribution is 7.93. The topological polar surface area (TPSA) is 108 Å². The molecule has 0 saturated heterocycles. The number of amides is 2. The number of hydrogen-bond donors (Lipinski definition) is 2. The molecular formula is C18H14N4O4S. The number of pyridine rings is 1. The fourth-order valence-corrected chi connectivity index (χ4v) is 4.65. The van der Waals surface area contributed by atoms with Gasteiger partial charge in [-0.2, -0.15) is 0 Å². The molecule has 2 heterocycles. The van der Waals surface area contributed by atoms with Crippen molar-refractivity contribution in [3.05, 3.63) is 66.5 Å². The molecule has 8 nitrogen and oxygen atoms in total. The van der Waals surface area contributed by atoms with Gasteiger partial charge in [-0.05, 0) is 29.7 Å². The van der Waals surface area contributed by atoms with Crippen LogP contribution in [0.1, 0.15) is 10.5 Å². The van der Waals surface area contributed by atoms with E-state index in [9.17, 15) is 18.0 Å². The lowest BCUT2D eigenvalue weighted by atomic mass is 10.1. The van der Waals surface area contributed by atoms with Gasteiger partial charge in [0.15, 0.2) is 0 Å². The van der Waals surface area contributed by atoms with Crippen LogP contribution < -0.4 is 15.2 Å². The summed E-state index contributed by atoms with van der Waals surface area (Å²) in [6.45, 7) is -0.460. The van der Waals surface area contributed by atoms with Gasteiger partial charge in [-0.3, -0.25) is 29.7 Å². The molecule has 0 radical (unpaired) electrons. The average Bonchev–Trinajstić information content (AvgIpc) is 2.90. The maximum Gasteiger partial charge on any atom is 0.288 e. The van der Waals surface area contributed by atoms with Gasteiger partial charge < -0.3 is 0 Å². The van der Waals surface area contributed by atoms with Crippen LogP contribution in [0.25, 0.3) is 10.8 Å². The molecule has 0 saturated carbocycles. The van der Waals surface area contributed by atoms with Gasteiger partial charge in [0, 0.05) is 11.6 Å². The summed E-state index contributed by atoms with van der Waals surface area (Å²) in [7, 11) is -3.84. The maximum absolute atomic E-state index is 12.8. The minimum Gasteiger partial charge on any atom is -0.271 e. The second-order valence-electron chi connectivity index (χ2n) is 5.86. The van der Waals surface area contributed by atoms with Crippen LogP contribution in [0, 0.1) is 0 Å². The third-order valence-corrected chi connectivity index (χ3v) is 5.98. The number of benzene rings is 2. The molecule has 2 aromatic carbocycles. The van der Waals surface area contributed by atoms with Gasteiger partial charge in [-0.25, -0.2) is 8.42 Å². The van der Waals surface area contributed by atoms with Gasteiger partial charge in [-0.15, -0.1) is 0 Å². The molecule has 2 N–H and O–H groups in total. The zero-order valence-corrected chi connectivity index (χ0v) is 14.7. The predicted octanol–water partition coefficient (Wildman–Crippen LogP) is 1.20. The van der Waals surface area contributed by atoms with E-state index in [0.29, 0.717) is 11.1 Å². The van der Waals surface area contributed by atoms with E-state index in [0.717, 1.165) is 9.69 Å². The summed E-state index contributed by atoms with van der Waals surface area (Å²) in [4.78, 5) is 28.2. The number of carbonyl (C=O) groups excluding carboxylic acids is 2. The molecular weight excluding hydrogens is 368 g/mol. The molecule has 0 bridgehead atoms. The van der Waals surface area contributed by atoms with E-state index in [-0.39, 0.29) is 10.6 Å². The van der Waals surface area contributed by atoms with Crippen molar-refractivity contribution >= 4 is 38.3 Å². The molecule has 0 aliphatic carbocycles. The highest BCUT2D eigenvalue weighted by Gasteiger charge is 2.36. The minimum absolute atomic E-state index is 0.128. The number of rotatable bonds is 3. The summed E-state index contributed by atoms with van der Waals surface area (Å²) in [6.07, 6.45) is 1.45. The van der Waals surface area contributed by atoms with Crippen molar-refractivity contribution in [3.8, 4) is 0 Å². The van der Waals surface area contributed by atoms with Crippen molar-refractivity contribution in [2.45, 2.75) is 4.90 Å². The number of nitrogens with one attached hydrogen (secondary N) is 2. The average molecular weight is 382 g/mol. The van der Waals surface area contributed by atoms with Crippen molar-refractivity contribution in [3.63, 3.8) is 0 Å². The Bertz CT molecular complexity index is 1160. The smallest absolute Gasteiger partial charge is 0.271 e. The first-order chi connectivity index (χ1) is 13.0. The molecule has 0 fully saturated rings. The first-order valence-electron chi connectivity index (χ1n) is 8.03. The number of aromatic nitrogens is 1. The van der Waals surface area contributed by atoms with Crippen molar-refractivity contribution in [2.24, 2.45) is 0 Å². The van der Waals surface area contributed by atoms with Crippen LogP contribution in [-0.4, -0.2) is 31.8 Å². The van der Waals surface area contributed by atoms with Crippen LogP contribution in [0.3, 0.4) is 0 Å².